The molecule has 74 valence electrons. The molecule has 2 rings (SSSR count). The van der Waals surface area contributed by atoms with Crippen molar-refractivity contribution in [2.75, 3.05) is 13.1 Å². The number of nitriles is 1. The molecule has 3 nitrogen and oxygen atoms in total. The monoisotopic (exact) mass is 190 g/mol. The zero-order chi connectivity index (χ0) is 9.80. The van der Waals surface area contributed by atoms with Crippen LogP contribution in [-0.2, 0) is 6.42 Å². The molecule has 1 aliphatic heterocycles. The van der Waals surface area contributed by atoms with E-state index in [1.54, 1.807) is 6.26 Å². The molecule has 0 saturated carbocycles. The second-order valence-corrected chi connectivity index (χ2v) is 3.67. The standard InChI is InChI=1S/C11H14N2O/c12-9-10(13-5-1-2-6-13)8-11-4-3-7-14-11/h3-4,7,10H,1-2,5-6,8H2. The molecule has 0 aromatic carbocycles. The molecule has 0 bridgehead atoms. The highest BCUT2D eigenvalue weighted by atomic mass is 16.3. The molecule has 2 heterocycles. The first kappa shape index (κ1) is 9.29. The van der Waals surface area contributed by atoms with Crippen molar-refractivity contribution in [1.29, 1.82) is 5.26 Å². The van der Waals surface area contributed by atoms with Gasteiger partial charge in [0.15, 0.2) is 0 Å². The van der Waals surface area contributed by atoms with E-state index in [4.69, 9.17) is 9.68 Å². The van der Waals surface area contributed by atoms with Crippen molar-refractivity contribution in [2.24, 2.45) is 0 Å². The lowest BCUT2D eigenvalue weighted by atomic mass is 10.1. The van der Waals surface area contributed by atoms with E-state index in [1.807, 2.05) is 12.1 Å². The molecule has 1 aliphatic rings. The minimum Gasteiger partial charge on any atom is -0.469 e. The fraction of sp³-hybridized carbons (Fsp3) is 0.545. The van der Waals surface area contributed by atoms with Crippen LogP contribution in [0, 0.1) is 11.3 Å². The summed E-state index contributed by atoms with van der Waals surface area (Å²) < 4.78 is 5.25. The molecule has 1 saturated heterocycles. The summed E-state index contributed by atoms with van der Waals surface area (Å²) in [6, 6.07) is 6.14. The topological polar surface area (TPSA) is 40.2 Å². The smallest absolute Gasteiger partial charge is 0.106 e. The van der Waals surface area contributed by atoms with E-state index in [0.717, 1.165) is 18.8 Å². The van der Waals surface area contributed by atoms with Crippen LogP contribution in [0.3, 0.4) is 0 Å². The predicted molar refractivity (Wildman–Crippen MR) is 52.6 cm³/mol. The van der Waals surface area contributed by atoms with Crippen molar-refractivity contribution >= 4 is 0 Å². The van der Waals surface area contributed by atoms with Gasteiger partial charge in [-0.2, -0.15) is 5.26 Å². The van der Waals surface area contributed by atoms with Crippen LogP contribution in [0.1, 0.15) is 18.6 Å². The van der Waals surface area contributed by atoms with E-state index < -0.39 is 0 Å². The summed E-state index contributed by atoms with van der Waals surface area (Å²) >= 11 is 0. The first-order valence-electron chi connectivity index (χ1n) is 5.06. The normalized spacial score (nSPS) is 19.4. The van der Waals surface area contributed by atoms with Crippen LogP contribution < -0.4 is 0 Å². The lowest BCUT2D eigenvalue weighted by Gasteiger charge is -2.19. The Bertz CT molecular complexity index is 307. The van der Waals surface area contributed by atoms with E-state index >= 15 is 0 Å². The van der Waals surface area contributed by atoms with E-state index in [9.17, 15) is 0 Å². The van der Waals surface area contributed by atoms with Crippen molar-refractivity contribution < 1.29 is 4.42 Å². The van der Waals surface area contributed by atoms with Gasteiger partial charge in [-0.3, -0.25) is 4.90 Å². The number of furan rings is 1. The average molecular weight is 190 g/mol. The van der Waals surface area contributed by atoms with Gasteiger partial charge in [-0.25, -0.2) is 0 Å². The minimum atomic E-state index is -0.0105. The summed E-state index contributed by atoms with van der Waals surface area (Å²) in [5.41, 5.74) is 0. The first-order valence-corrected chi connectivity index (χ1v) is 5.06. The molecule has 0 spiro atoms. The Balaban J connectivity index is 1.97. The first-order chi connectivity index (χ1) is 6.90. The molecule has 1 aromatic rings. The highest BCUT2D eigenvalue weighted by Crippen LogP contribution is 2.15. The molecule has 0 amide bonds. The maximum atomic E-state index is 9.05. The molecule has 0 N–H and O–H groups in total. The number of nitrogens with zero attached hydrogens (tertiary/aromatic N) is 2. The lowest BCUT2D eigenvalue weighted by molar-refractivity contribution is 0.277. The summed E-state index contributed by atoms with van der Waals surface area (Å²) in [5, 5.41) is 9.05. The maximum absolute atomic E-state index is 9.05. The van der Waals surface area contributed by atoms with Gasteiger partial charge in [0.25, 0.3) is 0 Å². The Morgan fingerprint density at radius 1 is 1.50 bits per heavy atom. The van der Waals surface area contributed by atoms with Crippen LogP contribution in [0.5, 0.6) is 0 Å². The van der Waals surface area contributed by atoms with Crippen LogP contribution in [0.2, 0.25) is 0 Å². The fourth-order valence-corrected chi connectivity index (χ4v) is 1.93. The molecule has 0 radical (unpaired) electrons. The molecule has 1 aromatic heterocycles. The third-order valence-electron chi connectivity index (χ3n) is 2.71. The van der Waals surface area contributed by atoms with Crippen LogP contribution in [0.4, 0.5) is 0 Å². The summed E-state index contributed by atoms with van der Waals surface area (Å²) in [4.78, 5) is 2.24. The quantitative estimate of drug-likeness (QED) is 0.729. The molecule has 1 unspecified atom stereocenters. The number of hydrogen-bond donors (Lipinski definition) is 0. The van der Waals surface area contributed by atoms with Crippen LogP contribution in [0.15, 0.2) is 22.8 Å². The van der Waals surface area contributed by atoms with Crippen molar-refractivity contribution in [3.63, 3.8) is 0 Å². The Kier molecular flexibility index (Phi) is 2.85. The van der Waals surface area contributed by atoms with Gasteiger partial charge in [0.1, 0.15) is 11.8 Å². The number of hydrogen-bond acceptors (Lipinski definition) is 3. The fourth-order valence-electron chi connectivity index (χ4n) is 1.93. The van der Waals surface area contributed by atoms with E-state index in [2.05, 4.69) is 11.0 Å². The molecule has 1 fully saturated rings. The van der Waals surface area contributed by atoms with Gasteiger partial charge >= 0.3 is 0 Å². The van der Waals surface area contributed by atoms with Crippen LogP contribution >= 0.6 is 0 Å². The van der Waals surface area contributed by atoms with Crippen molar-refractivity contribution in [3.05, 3.63) is 24.2 Å². The molecule has 14 heavy (non-hydrogen) atoms. The lowest BCUT2D eigenvalue weighted by Crippen LogP contribution is -2.33. The van der Waals surface area contributed by atoms with Gasteiger partial charge in [0, 0.05) is 6.42 Å². The highest BCUT2D eigenvalue weighted by Gasteiger charge is 2.22. The predicted octanol–water partition coefficient (Wildman–Crippen LogP) is 1.81. The number of rotatable bonds is 3. The Labute approximate surface area is 83.9 Å². The molecule has 0 aliphatic carbocycles. The summed E-state index contributed by atoms with van der Waals surface area (Å²) in [7, 11) is 0. The Morgan fingerprint density at radius 2 is 2.29 bits per heavy atom. The zero-order valence-electron chi connectivity index (χ0n) is 8.15. The Morgan fingerprint density at radius 3 is 2.86 bits per heavy atom. The van der Waals surface area contributed by atoms with Crippen molar-refractivity contribution in [2.45, 2.75) is 25.3 Å². The summed E-state index contributed by atoms with van der Waals surface area (Å²) in [5.74, 6) is 0.906. The third-order valence-corrected chi connectivity index (χ3v) is 2.71. The van der Waals surface area contributed by atoms with Gasteiger partial charge in [0.2, 0.25) is 0 Å². The van der Waals surface area contributed by atoms with Gasteiger partial charge in [0.05, 0.1) is 12.3 Å². The zero-order valence-corrected chi connectivity index (χ0v) is 8.15. The van der Waals surface area contributed by atoms with E-state index in [0.29, 0.717) is 6.42 Å². The maximum Gasteiger partial charge on any atom is 0.106 e. The molecule has 1 atom stereocenters. The molecular weight excluding hydrogens is 176 g/mol. The number of likely N-dealkylation sites (tertiary alicyclic amines) is 1. The Hall–Kier alpha value is -1.27. The minimum absolute atomic E-state index is 0.0105. The third kappa shape index (κ3) is 1.97. The van der Waals surface area contributed by atoms with E-state index in [-0.39, 0.29) is 6.04 Å². The van der Waals surface area contributed by atoms with Crippen LogP contribution in [-0.4, -0.2) is 24.0 Å². The van der Waals surface area contributed by atoms with E-state index in [1.165, 1.54) is 12.8 Å². The van der Waals surface area contributed by atoms with Gasteiger partial charge in [-0.1, -0.05) is 0 Å². The van der Waals surface area contributed by atoms with Crippen LogP contribution in [0.25, 0.3) is 0 Å². The molecular formula is C11H14N2O. The summed E-state index contributed by atoms with van der Waals surface area (Å²) in [6.07, 6.45) is 4.81. The highest BCUT2D eigenvalue weighted by molar-refractivity contribution is 5.06. The van der Waals surface area contributed by atoms with Crippen molar-refractivity contribution in [1.82, 2.24) is 4.90 Å². The largest absolute Gasteiger partial charge is 0.469 e. The SMILES string of the molecule is N#CC(Cc1ccco1)N1CCCC1. The summed E-state index contributed by atoms with van der Waals surface area (Å²) in [6.45, 7) is 2.11. The molecule has 3 heteroatoms. The van der Waals surface area contributed by atoms with Gasteiger partial charge in [-0.05, 0) is 38.1 Å². The second kappa shape index (κ2) is 4.30. The van der Waals surface area contributed by atoms with Crippen molar-refractivity contribution in [3.8, 4) is 6.07 Å². The van der Waals surface area contributed by atoms with Gasteiger partial charge < -0.3 is 4.42 Å². The second-order valence-electron chi connectivity index (χ2n) is 3.67. The van der Waals surface area contributed by atoms with Gasteiger partial charge in [-0.15, -0.1) is 0 Å². The average Bonchev–Trinajstić information content (AvgIpc) is 2.86.